The van der Waals surface area contributed by atoms with Gasteiger partial charge in [0, 0.05) is 25.6 Å². The molecule has 0 aliphatic heterocycles. The van der Waals surface area contributed by atoms with E-state index in [4.69, 9.17) is 4.98 Å². The Kier molecular flexibility index (Phi) is 5.99. The summed E-state index contributed by atoms with van der Waals surface area (Å²) >= 11 is 0. The van der Waals surface area contributed by atoms with Crippen molar-refractivity contribution in [2.75, 3.05) is 6.54 Å². The van der Waals surface area contributed by atoms with Crippen molar-refractivity contribution in [2.45, 2.75) is 13.0 Å². The molecule has 0 spiro atoms. The van der Waals surface area contributed by atoms with Crippen LogP contribution in [0.5, 0.6) is 0 Å². The van der Waals surface area contributed by atoms with Crippen molar-refractivity contribution in [3.63, 3.8) is 0 Å². The summed E-state index contributed by atoms with van der Waals surface area (Å²) in [6, 6.07) is 24.1. The summed E-state index contributed by atoms with van der Waals surface area (Å²) in [5, 5.41) is 2.92. The van der Waals surface area contributed by atoms with E-state index in [1.807, 2.05) is 54.6 Å². The second-order valence-electron chi connectivity index (χ2n) is 7.01. The molecule has 0 saturated carbocycles. The minimum atomic E-state index is -0.249. The lowest BCUT2D eigenvalue weighted by Gasteiger charge is -2.10. The molecule has 0 aliphatic rings. The third-order valence-corrected chi connectivity index (χ3v) is 4.86. The molecule has 4 nitrogen and oxygen atoms in total. The fraction of sp³-hybridized carbons (Fsp3) is 0.120. The fourth-order valence-corrected chi connectivity index (χ4v) is 3.36. The number of amides is 1. The number of imidazole rings is 1. The molecule has 30 heavy (non-hydrogen) atoms. The van der Waals surface area contributed by atoms with E-state index in [0.29, 0.717) is 19.5 Å². The Balaban J connectivity index is 1.45. The van der Waals surface area contributed by atoms with Crippen molar-refractivity contribution in [3.8, 4) is 0 Å². The summed E-state index contributed by atoms with van der Waals surface area (Å²) in [5.41, 5.74) is 3.90. The van der Waals surface area contributed by atoms with E-state index >= 15 is 0 Å². The van der Waals surface area contributed by atoms with E-state index in [9.17, 15) is 9.18 Å². The van der Waals surface area contributed by atoms with Crippen LogP contribution in [0, 0.1) is 5.82 Å². The number of aromatic nitrogens is 2. The van der Waals surface area contributed by atoms with Gasteiger partial charge in [-0.3, -0.25) is 4.79 Å². The molecule has 5 heteroatoms. The molecule has 0 radical (unpaired) electrons. The summed E-state index contributed by atoms with van der Waals surface area (Å²) in [6.45, 7) is 1.07. The molecule has 1 N–H and O–H groups in total. The van der Waals surface area contributed by atoms with Gasteiger partial charge in [-0.2, -0.15) is 0 Å². The highest BCUT2D eigenvalue weighted by Gasteiger charge is 2.11. The van der Waals surface area contributed by atoms with Crippen LogP contribution in [0.1, 0.15) is 17.0 Å². The highest BCUT2D eigenvalue weighted by atomic mass is 19.1. The number of hydrogen-bond acceptors (Lipinski definition) is 2. The number of hydrogen-bond donors (Lipinski definition) is 1. The minimum Gasteiger partial charge on any atom is -0.352 e. The van der Waals surface area contributed by atoms with Gasteiger partial charge in [-0.05, 0) is 41.5 Å². The third-order valence-electron chi connectivity index (χ3n) is 4.86. The van der Waals surface area contributed by atoms with Gasteiger partial charge in [0.05, 0.1) is 11.0 Å². The maximum absolute atomic E-state index is 13.2. The zero-order chi connectivity index (χ0) is 20.8. The first-order chi connectivity index (χ1) is 14.7. The number of nitrogens with one attached hydrogen (secondary N) is 1. The van der Waals surface area contributed by atoms with Crippen LogP contribution in [0.3, 0.4) is 0 Å². The van der Waals surface area contributed by atoms with Crippen molar-refractivity contribution < 1.29 is 9.18 Å². The van der Waals surface area contributed by atoms with Crippen LogP contribution in [0.4, 0.5) is 4.39 Å². The lowest BCUT2D eigenvalue weighted by molar-refractivity contribution is -0.116. The zero-order valence-electron chi connectivity index (χ0n) is 16.5. The van der Waals surface area contributed by atoms with E-state index in [-0.39, 0.29) is 11.7 Å². The average molecular weight is 399 g/mol. The van der Waals surface area contributed by atoms with Gasteiger partial charge in [0.2, 0.25) is 5.91 Å². The first kappa shape index (κ1) is 19.6. The Hall–Kier alpha value is -3.73. The Morgan fingerprint density at radius 1 is 0.967 bits per heavy atom. The Bertz CT molecular complexity index is 1160. The lowest BCUT2D eigenvalue weighted by atomic mass is 10.2. The maximum Gasteiger partial charge on any atom is 0.244 e. The zero-order valence-corrected chi connectivity index (χ0v) is 16.5. The number of benzene rings is 3. The monoisotopic (exact) mass is 399 g/mol. The van der Waals surface area contributed by atoms with Crippen LogP contribution in [0.25, 0.3) is 17.1 Å². The highest BCUT2D eigenvalue weighted by Crippen LogP contribution is 2.18. The molecular weight excluding hydrogens is 377 g/mol. The lowest BCUT2D eigenvalue weighted by Crippen LogP contribution is -2.24. The van der Waals surface area contributed by atoms with E-state index in [0.717, 1.165) is 28.0 Å². The third kappa shape index (κ3) is 4.81. The molecule has 0 fully saturated rings. The normalized spacial score (nSPS) is 11.2. The standard InChI is InChI=1S/C25H22FN3O/c26-21-13-10-20(11-14-21)18-29-23-9-5-4-8-22(23)28-24(29)16-17-27-25(30)15-12-19-6-2-1-3-7-19/h1-15H,16-18H2,(H,27,30)/b15-12+. The van der Waals surface area contributed by atoms with E-state index in [1.54, 1.807) is 18.2 Å². The average Bonchev–Trinajstić information content (AvgIpc) is 3.12. The number of rotatable bonds is 7. The second kappa shape index (κ2) is 9.18. The SMILES string of the molecule is O=C(/C=C/c1ccccc1)NCCc1nc2ccccc2n1Cc1ccc(F)cc1. The second-order valence-corrected chi connectivity index (χ2v) is 7.01. The maximum atomic E-state index is 13.2. The number of nitrogens with zero attached hydrogens (tertiary/aromatic N) is 2. The molecule has 1 aromatic heterocycles. The Morgan fingerprint density at radius 3 is 2.50 bits per heavy atom. The van der Waals surface area contributed by atoms with Crippen LogP contribution >= 0.6 is 0 Å². The van der Waals surface area contributed by atoms with E-state index in [1.165, 1.54) is 18.2 Å². The van der Waals surface area contributed by atoms with Gasteiger partial charge >= 0.3 is 0 Å². The van der Waals surface area contributed by atoms with Crippen molar-refractivity contribution >= 4 is 23.0 Å². The molecule has 0 bridgehead atoms. The summed E-state index contributed by atoms with van der Waals surface area (Å²) in [5.74, 6) is 0.494. The van der Waals surface area contributed by atoms with Gasteiger partial charge in [-0.15, -0.1) is 0 Å². The minimum absolute atomic E-state index is 0.139. The predicted octanol–water partition coefficient (Wildman–Crippen LogP) is 4.60. The molecule has 1 heterocycles. The molecule has 0 unspecified atom stereocenters. The molecule has 4 rings (SSSR count). The molecule has 0 aliphatic carbocycles. The van der Waals surface area contributed by atoms with Crippen molar-refractivity contribution in [2.24, 2.45) is 0 Å². The summed E-state index contributed by atoms with van der Waals surface area (Å²) in [4.78, 5) is 16.9. The largest absolute Gasteiger partial charge is 0.352 e. The molecule has 3 aromatic carbocycles. The first-order valence-corrected chi connectivity index (χ1v) is 9.88. The van der Waals surface area contributed by atoms with Crippen molar-refractivity contribution in [1.82, 2.24) is 14.9 Å². The number of carbonyl (C=O) groups is 1. The number of fused-ring (bicyclic) bond motifs is 1. The molecule has 0 saturated heterocycles. The van der Waals surface area contributed by atoms with Gasteiger partial charge in [-0.1, -0.05) is 54.6 Å². The molecular formula is C25H22FN3O. The van der Waals surface area contributed by atoms with Crippen LogP contribution in [-0.2, 0) is 17.8 Å². The molecule has 150 valence electrons. The van der Waals surface area contributed by atoms with Gasteiger partial charge in [0.25, 0.3) is 0 Å². The molecule has 4 aromatic rings. The van der Waals surface area contributed by atoms with Crippen molar-refractivity contribution in [1.29, 1.82) is 0 Å². The quantitative estimate of drug-likeness (QED) is 0.462. The van der Waals surface area contributed by atoms with Crippen LogP contribution in [-0.4, -0.2) is 22.0 Å². The number of carbonyl (C=O) groups excluding carboxylic acids is 1. The summed E-state index contributed by atoms with van der Waals surface area (Å²) in [6.07, 6.45) is 3.93. The highest BCUT2D eigenvalue weighted by molar-refractivity contribution is 5.91. The van der Waals surface area contributed by atoms with Crippen LogP contribution in [0.2, 0.25) is 0 Å². The molecule has 0 atom stereocenters. The topological polar surface area (TPSA) is 46.9 Å². The Labute approximate surface area is 174 Å². The van der Waals surface area contributed by atoms with E-state index in [2.05, 4.69) is 9.88 Å². The van der Waals surface area contributed by atoms with E-state index < -0.39 is 0 Å². The summed E-state index contributed by atoms with van der Waals surface area (Å²) in [7, 11) is 0. The Morgan fingerprint density at radius 2 is 1.70 bits per heavy atom. The predicted molar refractivity (Wildman–Crippen MR) is 117 cm³/mol. The van der Waals surface area contributed by atoms with Gasteiger partial charge < -0.3 is 9.88 Å². The van der Waals surface area contributed by atoms with Crippen molar-refractivity contribution in [3.05, 3.63) is 108 Å². The summed E-state index contributed by atoms with van der Waals surface area (Å²) < 4.78 is 15.4. The number of para-hydroxylation sites is 2. The number of halogens is 1. The van der Waals surface area contributed by atoms with Crippen LogP contribution in [0.15, 0.2) is 84.9 Å². The first-order valence-electron chi connectivity index (χ1n) is 9.88. The van der Waals surface area contributed by atoms with Gasteiger partial charge in [0.15, 0.2) is 0 Å². The van der Waals surface area contributed by atoms with Gasteiger partial charge in [0.1, 0.15) is 11.6 Å². The fourth-order valence-electron chi connectivity index (χ4n) is 3.36. The van der Waals surface area contributed by atoms with Gasteiger partial charge in [-0.25, -0.2) is 9.37 Å². The van der Waals surface area contributed by atoms with Crippen LogP contribution < -0.4 is 5.32 Å². The smallest absolute Gasteiger partial charge is 0.244 e. The molecule has 1 amide bonds.